The number of aliphatic carboxylic acids is 1. The molecular formula is C14H20N2O5S. The minimum atomic E-state index is -3.81. The van der Waals surface area contributed by atoms with E-state index in [4.69, 9.17) is 9.84 Å². The predicted octanol–water partition coefficient (Wildman–Crippen LogP) is 0.921. The van der Waals surface area contributed by atoms with E-state index >= 15 is 0 Å². The number of hydrogen-bond donors (Lipinski definition) is 1. The number of benzene rings is 1. The Kier molecular flexibility index (Phi) is 5.05. The van der Waals surface area contributed by atoms with Crippen LogP contribution in [-0.4, -0.2) is 54.8 Å². The topological polar surface area (TPSA) is 87.2 Å². The molecule has 1 fully saturated rings. The van der Waals surface area contributed by atoms with Crippen LogP contribution < -0.4 is 4.74 Å². The number of nitrogens with zero attached hydrogens (tertiary/aromatic N) is 2. The first-order chi connectivity index (χ1) is 10.4. The Balaban J connectivity index is 2.16. The van der Waals surface area contributed by atoms with E-state index in [0.717, 1.165) is 9.87 Å². The van der Waals surface area contributed by atoms with Gasteiger partial charge in [0.25, 0.3) is 10.2 Å². The van der Waals surface area contributed by atoms with Gasteiger partial charge in [-0.1, -0.05) is 12.1 Å². The number of ether oxygens (including phenoxy) is 1. The van der Waals surface area contributed by atoms with E-state index in [2.05, 4.69) is 0 Å². The second kappa shape index (κ2) is 6.64. The maximum Gasteiger partial charge on any atom is 0.322 e. The van der Waals surface area contributed by atoms with E-state index in [1.165, 1.54) is 11.4 Å². The highest BCUT2D eigenvalue weighted by Gasteiger charge is 2.40. The zero-order valence-corrected chi connectivity index (χ0v) is 13.4. The van der Waals surface area contributed by atoms with Gasteiger partial charge in [-0.3, -0.25) is 4.79 Å². The second-order valence-electron chi connectivity index (χ2n) is 5.22. The highest BCUT2D eigenvalue weighted by atomic mass is 32.2. The lowest BCUT2D eigenvalue weighted by Crippen LogP contribution is -2.46. The molecule has 1 unspecified atom stereocenters. The molecule has 7 nitrogen and oxygen atoms in total. The monoisotopic (exact) mass is 328 g/mol. The maximum atomic E-state index is 12.6. The third kappa shape index (κ3) is 3.40. The van der Waals surface area contributed by atoms with Crippen molar-refractivity contribution in [1.29, 1.82) is 0 Å². The fraction of sp³-hybridized carbons (Fsp3) is 0.500. The van der Waals surface area contributed by atoms with Gasteiger partial charge in [0, 0.05) is 20.1 Å². The molecule has 2 rings (SSSR count). The lowest BCUT2D eigenvalue weighted by atomic mass is 10.2. The van der Waals surface area contributed by atoms with E-state index in [1.54, 1.807) is 31.4 Å². The Labute approximate surface area is 130 Å². The fourth-order valence-electron chi connectivity index (χ4n) is 2.55. The number of hydrogen-bond acceptors (Lipinski definition) is 4. The summed E-state index contributed by atoms with van der Waals surface area (Å²) in [6, 6.07) is 6.14. The van der Waals surface area contributed by atoms with E-state index < -0.39 is 22.2 Å². The number of carboxylic acids is 1. The average molecular weight is 328 g/mol. The van der Waals surface area contributed by atoms with Crippen LogP contribution in [-0.2, 0) is 21.5 Å². The lowest BCUT2D eigenvalue weighted by molar-refractivity contribution is -0.140. The Bertz CT molecular complexity index is 646. The van der Waals surface area contributed by atoms with Crippen LogP contribution >= 0.6 is 0 Å². The highest BCUT2D eigenvalue weighted by Crippen LogP contribution is 2.24. The van der Waals surface area contributed by atoms with E-state index in [9.17, 15) is 13.2 Å². The first-order valence-corrected chi connectivity index (χ1v) is 8.35. The van der Waals surface area contributed by atoms with Gasteiger partial charge in [-0.25, -0.2) is 0 Å². The first-order valence-electron chi connectivity index (χ1n) is 6.95. The van der Waals surface area contributed by atoms with Gasteiger partial charge in [0.05, 0.1) is 7.11 Å². The molecule has 1 atom stereocenters. The summed E-state index contributed by atoms with van der Waals surface area (Å²) < 4.78 is 32.5. The molecule has 0 amide bonds. The van der Waals surface area contributed by atoms with Gasteiger partial charge in [-0.2, -0.15) is 17.0 Å². The molecule has 1 heterocycles. The van der Waals surface area contributed by atoms with Crippen LogP contribution in [0, 0.1) is 0 Å². The van der Waals surface area contributed by atoms with Crippen LogP contribution in [0.15, 0.2) is 24.3 Å². The molecule has 1 aromatic rings. The molecule has 1 aromatic carbocycles. The molecule has 22 heavy (non-hydrogen) atoms. The van der Waals surface area contributed by atoms with Gasteiger partial charge >= 0.3 is 5.97 Å². The molecule has 122 valence electrons. The standard InChI is InChI=1S/C14H20N2O5S/c1-15(10-11-5-3-6-12(9-11)21-2)22(19,20)16-8-4-7-13(16)14(17)18/h3,5-6,9,13H,4,7-8,10H2,1-2H3,(H,17,18). The molecule has 0 spiro atoms. The summed E-state index contributed by atoms with van der Waals surface area (Å²) in [7, 11) is -0.812. The van der Waals surface area contributed by atoms with Crippen molar-refractivity contribution >= 4 is 16.2 Å². The number of rotatable bonds is 6. The molecule has 0 aliphatic carbocycles. The molecule has 0 aromatic heterocycles. The molecule has 1 aliphatic heterocycles. The van der Waals surface area contributed by atoms with E-state index in [-0.39, 0.29) is 13.1 Å². The zero-order valence-electron chi connectivity index (χ0n) is 12.6. The SMILES string of the molecule is COc1cccc(CN(C)S(=O)(=O)N2CCCC2C(=O)O)c1. The summed E-state index contributed by atoms with van der Waals surface area (Å²) in [6.45, 7) is 0.393. The normalized spacial score (nSPS) is 19.5. The lowest BCUT2D eigenvalue weighted by Gasteiger charge is -2.27. The first kappa shape index (κ1) is 16.7. The Hall–Kier alpha value is -1.64. The van der Waals surface area contributed by atoms with Crippen molar-refractivity contribution < 1.29 is 23.1 Å². The molecule has 1 saturated heterocycles. The summed E-state index contributed by atoms with van der Waals surface area (Å²) in [5.41, 5.74) is 0.775. The van der Waals surface area contributed by atoms with Crippen LogP contribution in [0.1, 0.15) is 18.4 Å². The highest BCUT2D eigenvalue weighted by molar-refractivity contribution is 7.86. The summed E-state index contributed by atoms with van der Waals surface area (Å²) in [5.74, 6) is -0.455. The van der Waals surface area contributed by atoms with Crippen LogP contribution in [0.3, 0.4) is 0 Å². The molecule has 1 aliphatic rings. The third-order valence-electron chi connectivity index (χ3n) is 3.72. The molecule has 0 radical (unpaired) electrons. The Morgan fingerprint density at radius 2 is 2.23 bits per heavy atom. The molecule has 8 heteroatoms. The van der Waals surface area contributed by atoms with Crippen molar-refractivity contribution in [2.75, 3.05) is 20.7 Å². The smallest absolute Gasteiger partial charge is 0.322 e. The van der Waals surface area contributed by atoms with Crippen LogP contribution in [0.4, 0.5) is 0 Å². The largest absolute Gasteiger partial charge is 0.497 e. The maximum absolute atomic E-state index is 12.6. The zero-order chi connectivity index (χ0) is 16.3. The van der Waals surface area contributed by atoms with Crippen LogP contribution in [0.5, 0.6) is 5.75 Å². The van der Waals surface area contributed by atoms with Gasteiger partial charge in [0.1, 0.15) is 11.8 Å². The van der Waals surface area contributed by atoms with Crippen molar-refractivity contribution in [1.82, 2.24) is 8.61 Å². The van der Waals surface area contributed by atoms with Gasteiger partial charge in [-0.15, -0.1) is 0 Å². The van der Waals surface area contributed by atoms with Gasteiger partial charge in [0.15, 0.2) is 0 Å². The van der Waals surface area contributed by atoms with Gasteiger partial charge in [-0.05, 0) is 30.5 Å². The van der Waals surface area contributed by atoms with Crippen LogP contribution in [0.25, 0.3) is 0 Å². The van der Waals surface area contributed by atoms with Crippen molar-refractivity contribution in [2.24, 2.45) is 0 Å². The fourth-order valence-corrected chi connectivity index (χ4v) is 4.10. The summed E-state index contributed by atoms with van der Waals surface area (Å²) >= 11 is 0. The number of carbonyl (C=O) groups is 1. The minimum absolute atomic E-state index is 0.155. The molecule has 0 saturated carbocycles. The van der Waals surface area contributed by atoms with Gasteiger partial charge in [0.2, 0.25) is 0 Å². The predicted molar refractivity (Wildman–Crippen MR) is 80.7 cm³/mol. The van der Waals surface area contributed by atoms with Crippen molar-refractivity contribution in [3.05, 3.63) is 29.8 Å². The molecular weight excluding hydrogens is 308 g/mol. The second-order valence-corrected chi connectivity index (χ2v) is 7.21. The Morgan fingerprint density at radius 3 is 2.86 bits per heavy atom. The molecule has 0 bridgehead atoms. The number of carboxylic acid groups (broad SMARTS) is 1. The van der Waals surface area contributed by atoms with Gasteiger partial charge < -0.3 is 9.84 Å². The van der Waals surface area contributed by atoms with Crippen molar-refractivity contribution in [3.8, 4) is 5.75 Å². The summed E-state index contributed by atoms with van der Waals surface area (Å²) in [5, 5.41) is 9.15. The Morgan fingerprint density at radius 1 is 1.50 bits per heavy atom. The third-order valence-corrected chi connectivity index (χ3v) is 5.66. The summed E-state index contributed by atoms with van der Waals surface area (Å²) in [6.07, 6.45) is 0.907. The average Bonchev–Trinajstić information content (AvgIpc) is 2.97. The minimum Gasteiger partial charge on any atom is -0.497 e. The van der Waals surface area contributed by atoms with Crippen LogP contribution in [0.2, 0.25) is 0 Å². The summed E-state index contributed by atoms with van der Waals surface area (Å²) in [4.78, 5) is 11.2. The number of methoxy groups -OCH3 is 1. The van der Waals surface area contributed by atoms with Crippen molar-refractivity contribution in [3.63, 3.8) is 0 Å². The molecule has 1 N–H and O–H groups in total. The van der Waals surface area contributed by atoms with E-state index in [0.29, 0.717) is 18.6 Å². The quantitative estimate of drug-likeness (QED) is 0.839. The van der Waals surface area contributed by atoms with E-state index in [1.807, 2.05) is 0 Å². The van der Waals surface area contributed by atoms with Crippen molar-refractivity contribution in [2.45, 2.75) is 25.4 Å².